The van der Waals surface area contributed by atoms with Crippen LogP contribution in [0.4, 0.5) is 5.69 Å². The molecule has 0 bridgehead atoms. The average Bonchev–Trinajstić information content (AvgIpc) is 2.79. The number of benzene rings is 3. The van der Waals surface area contributed by atoms with Crippen molar-refractivity contribution in [3.63, 3.8) is 0 Å². The second kappa shape index (κ2) is 8.05. The number of rotatable bonds is 5. The number of carboxylic acids is 1. The van der Waals surface area contributed by atoms with E-state index in [1.54, 1.807) is 55.8 Å². The number of anilines is 1. The number of para-hydroxylation sites is 1. The molecule has 0 aliphatic heterocycles. The molecule has 0 aliphatic rings. The monoisotopic (exact) mass is 398 g/mol. The number of pyridine rings is 1. The van der Waals surface area contributed by atoms with Crippen LogP contribution in [-0.4, -0.2) is 29.1 Å². The fourth-order valence-electron chi connectivity index (χ4n) is 3.27. The van der Waals surface area contributed by atoms with E-state index < -0.39 is 11.9 Å². The van der Waals surface area contributed by atoms with Gasteiger partial charge in [-0.2, -0.15) is 0 Å². The molecule has 0 atom stereocenters. The van der Waals surface area contributed by atoms with Crippen LogP contribution in [0.25, 0.3) is 22.0 Å². The minimum atomic E-state index is -1.13. The summed E-state index contributed by atoms with van der Waals surface area (Å²) in [5.41, 5.74) is 2.94. The summed E-state index contributed by atoms with van der Waals surface area (Å²) in [6, 6.07) is 21.1. The van der Waals surface area contributed by atoms with Crippen LogP contribution in [0.1, 0.15) is 20.7 Å². The molecule has 3 aromatic carbocycles. The maximum Gasteiger partial charge on any atom is 0.337 e. The number of aromatic nitrogens is 1. The van der Waals surface area contributed by atoms with Gasteiger partial charge >= 0.3 is 5.97 Å². The Hall–Kier alpha value is -4.19. The van der Waals surface area contributed by atoms with E-state index in [1.165, 1.54) is 0 Å². The van der Waals surface area contributed by atoms with Gasteiger partial charge in [0.2, 0.25) is 0 Å². The van der Waals surface area contributed by atoms with Gasteiger partial charge in [-0.25, -0.2) is 4.79 Å². The lowest BCUT2D eigenvalue weighted by molar-refractivity contribution is 0.0698. The molecule has 148 valence electrons. The van der Waals surface area contributed by atoms with Crippen molar-refractivity contribution in [2.75, 3.05) is 12.4 Å². The summed E-state index contributed by atoms with van der Waals surface area (Å²) >= 11 is 0. The molecule has 1 heterocycles. The van der Waals surface area contributed by atoms with Crippen molar-refractivity contribution in [1.29, 1.82) is 0 Å². The van der Waals surface area contributed by atoms with Gasteiger partial charge in [-0.3, -0.25) is 9.78 Å². The Balaban J connectivity index is 1.70. The Bertz CT molecular complexity index is 1240. The quantitative estimate of drug-likeness (QED) is 0.501. The molecule has 1 aromatic heterocycles. The number of hydrogen-bond acceptors (Lipinski definition) is 4. The molecule has 0 saturated carbocycles. The number of carbonyl (C=O) groups excluding carboxylic acids is 1. The number of carboxylic acid groups (broad SMARTS) is 1. The zero-order valence-corrected chi connectivity index (χ0v) is 16.1. The van der Waals surface area contributed by atoms with Crippen LogP contribution >= 0.6 is 0 Å². The fraction of sp³-hybridized carbons (Fsp3) is 0.0417. The summed E-state index contributed by atoms with van der Waals surface area (Å²) < 4.78 is 5.09. The van der Waals surface area contributed by atoms with Gasteiger partial charge in [0.25, 0.3) is 5.91 Å². The number of fused-ring (bicyclic) bond motifs is 1. The lowest BCUT2D eigenvalue weighted by atomic mass is 9.99. The first-order chi connectivity index (χ1) is 14.6. The van der Waals surface area contributed by atoms with E-state index in [9.17, 15) is 14.7 Å². The van der Waals surface area contributed by atoms with Gasteiger partial charge in [0.1, 0.15) is 5.75 Å². The van der Waals surface area contributed by atoms with Crippen LogP contribution in [0.2, 0.25) is 0 Å². The van der Waals surface area contributed by atoms with Crippen LogP contribution in [0, 0.1) is 0 Å². The van der Waals surface area contributed by atoms with Crippen LogP contribution in [-0.2, 0) is 0 Å². The predicted molar refractivity (Wildman–Crippen MR) is 115 cm³/mol. The lowest BCUT2D eigenvalue weighted by Crippen LogP contribution is -2.14. The zero-order valence-electron chi connectivity index (χ0n) is 16.1. The molecule has 0 saturated heterocycles. The average molecular weight is 398 g/mol. The molecule has 4 aromatic rings. The maximum atomic E-state index is 12.6. The summed E-state index contributed by atoms with van der Waals surface area (Å²) in [5, 5.41) is 13.4. The smallest absolute Gasteiger partial charge is 0.337 e. The van der Waals surface area contributed by atoms with Crippen molar-refractivity contribution in [1.82, 2.24) is 4.98 Å². The van der Waals surface area contributed by atoms with E-state index in [4.69, 9.17) is 4.74 Å². The molecule has 6 heteroatoms. The summed E-state index contributed by atoms with van der Waals surface area (Å²) in [4.78, 5) is 28.9. The first-order valence-electron chi connectivity index (χ1n) is 9.23. The number of hydrogen-bond donors (Lipinski definition) is 2. The Morgan fingerprint density at radius 2 is 1.73 bits per heavy atom. The Labute approximate surface area is 172 Å². The predicted octanol–water partition coefficient (Wildman–Crippen LogP) is 4.86. The number of amides is 1. The second-order valence-electron chi connectivity index (χ2n) is 6.63. The van der Waals surface area contributed by atoms with Crippen LogP contribution < -0.4 is 10.1 Å². The van der Waals surface area contributed by atoms with Gasteiger partial charge < -0.3 is 15.2 Å². The number of aromatic carboxylic acids is 1. The third-order valence-electron chi connectivity index (χ3n) is 4.79. The van der Waals surface area contributed by atoms with Crippen LogP contribution in [0.15, 0.2) is 79.0 Å². The van der Waals surface area contributed by atoms with Gasteiger partial charge in [-0.05, 0) is 48.0 Å². The maximum absolute atomic E-state index is 12.6. The molecule has 0 fully saturated rings. The van der Waals surface area contributed by atoms with Crippen molar-refractivity contribution in [3.8, 4) is 16.9 Å². The van der Waals surface area contributed by atoms with E-state index >= 15 is 0 Å². The van der Waals surface area contributed by atoms with Crippen molar-refractivity contribution in [2.24, 2.45) is 0 Å². The van der Waals surface area contributed by atoms with Crippen molar-refractivity contribution < 1.29 is 19.4 Å². The van der Waals surface area contributed by atoms with Crippen molar-refractivity contribution in [3.05, 3.63) is 90.1 Å². The fourth-order valence-corrected chi connectivity index (χ4v) is 3.27. The Morgan fingerprint density at radius 3 is 2.47 bits per heavy atom. The largest absolute Gasteiger partial charge is 0.497 e. The van der Waals surface area contributed by atoms with Gasteiger partial charge in [0.05, 0.1) is 23.9 Å². The Kier molecular flexibility index (Phi) is 5.13. The number of methoxy groups -OCH3 is 1. The molecule has 2 N–H and O–H groups in total. The first kappa shape index (κ1) is 19.1. The number of nitrogens with zero attached hydrogens (tertiary/aromatic N) is 1. The third kappa shape index (κ3) is 3.71. The number of nitrogens with one attached hydrogen (secondary N) is 1. The van der Waals surface area contributed by atoms with Gasteiger partial charge in [0, 0.05) is 22.7 Å². The molecule has 0 radical (unpaired) electrons. The van der Waals surface area contributed by atoms with Gasteiger partial charge in [-0.15, -0.1) is 0 Å². The summed E-state index contributed by atoms with van der Waals surface area (Å²) in [5.74, 6) is -0.902. The normalized spacial score (nSPS) is 10.6. The van der Waals surface area contributed by atoms with Crippen molar-refractivity contribution >= 4 is 28.5 Å². The molecule has 6 nitrogen and oxygen atoms in total. The van der Waals surface area contributed by atoms with E-state index in [0.717, 1.165) is 16.5 Å². The highest BCUT2D eigenvalue weighted by atomic mass is 16.5. The van der Waals surface area contributed by atoms with Gasteiger partial charge in [0.15, 0.2) is 0 Å². The Morgan fingerprint density at radius 1 is 0.967 bits per heavy atom. The molecule has 1 amide bonds. The highest BCUT2D eigenvalue weighted by Crippen LogP contribution is 2.30. The summed E-state index contributed by atoms with van der Waals surface area (Å²) in [6.45, 7) is 0. The highest BCUT2D eigenvalue weighted by Gasteiger charge is 2.16. The summed E-state index contributed by atoms with van der Waals surface area (Å²) in [7, 11) is 1.54. The minimum absolute atomic E-state index is 0.00213. The molecule has 0 spiro atoms. The summed E-state index contributed by atoms with van der Waals surface area (Å²) in [6.07, 6.45) is 1.70. The second-order valence-corrected chi connectivity index (χ2v) is 6.63. The number of carbonyl (C=O) groups is 2. The van der Waals surface area contributed by atoms with Crippen LogP contribution in [0.5, 0.6) is 5.75 Å². The van der Waals surface area contributed by atoms with Crippen molar-refractivity contribution in [2.45, 2.75) is 0 Å². The van der Waals surface area contributed by atoms with Gasteiger partial charge in [-0.1, -0.05) is 30.3 Å². The molecule has 30 heavy (non-hydrogen) atoms. The van der Waals surface area contributed by atoms with E-state index in [0.29, 0.717) is 16.9 Å². The molecule has 4 rings (SSSR count). The molecule has 0 unspecified atom stereocenters. The molecular weight excluding hydrogens is 380 g/mol. The number of ether oxygens (including phenoxy) is 1. The zero-order chi connectivity index (χ0) is 21.1. The third-order valence-corrected chi connectivity index (χ3v) is 4.79. The van der Waals surface area contributed by atoms with E-state index in [1.807, 2.05) is 30.3 Å². The first-order valence-corrected chi connectivity index (χ1v) is 9.23. The molecule has 0 aliphatic carbocycles. The SMILES string of the molecule is COc1ccc(C(=O)Nc2ccc(-c3cccc4cccnc34)cc2C(=O)O)cc1. The highest BCUT2D eigenvalue weighted by molar-refractivity contribution is 6.08. The topological polar surface area (TPSA) is 88.5 Å². The van der Waals surface area contributed by atoms with E-state index in [2.05, 4.69) is 10.3 Å². The lowest BCUT2D eigenvalue weighted by Gasteiger charge is -2.12. The van der Waals surface area contributed by atoms with E-state index in [-0.39, 0.29) is 11.3 Å². The standard InChI is InChI=1S/C24H18N2O4/c1-30-18-10-7-16(8-11-18)23(27)26-21-12-9-17(14-20(21)24(28)29)19-6-2-4-15-5-3-13-25-22(15)19/h2-14H,1H3,(H,26,27)(H,28,29). The minimum Gasteiger partial charge on any atom is -0.497 e. The molecular formula is C24H18N2O4. The van der Waals surface area contributed by atoms with Crippen LogP contribution in [0.3, 0.4) is 0 Å².